The molecule has 3 heterocycles. The number of carbonyl (C=O) groups excluding carboxylic acids is 4. The van der Waals surface area contributed by atoms with Crippen LogP contribution in [0.4, 0.5) is 17.2 Å². The van der Waals surface area contributed by atoms with Crippen LogP contribution in [0.3, 0.4) is 0 Å². The molecule has 0 radical (unpaired) electrons. The maximum atomic E-state index is 12.9. The molecular formula is C22H29N9O4. The zero-order valence-corrected chi connectivity index (χ0v) is 20.2. The molecule has 3 rings (SSSR count). The van der Waals surface area contributed by atoms with Gasteiger partial charge in [-0.05, 0) is 26.2 Å². The van der Waals surface area contributed by atoms with E-state index in [0.29, 0.717) is 42.3 Å². The summed E-state index contributed by atoms with van der Waals surface area (Å²) >= 11 is 0. The van der Waals surface area contributed by atoms with Crippen LogP contribution in [-0.4, -0.2) is 74.9 Å². The molecule has 35 heavy (non-hydrogen) atoms. The Bertz CT molecular complexity index is 1250. The lowest BCUT2D eigenvalue weighted by Crippen LogP contribution is -2.32. The normalized spacial score (nSPS) is 10.8. The average molecular weight is 484 g/mol. The lowest BCUT2D eigenvalue weighted by Gasteiger charge is -2.10. The first-order chi connectivity index (χ1) is 16.6. The van der Waals surface area contributed by atoms with E-state index in [2.05, 4.69) is 26.3 Å². The van der Waals surface area contributed by atoms with Gasteiger partial charge in [-0.15, -0.1) is 0 Å². The topological polar surface area (TPSA) is 147 Å². The Morgan fingerprint density at radius 2 is 1.46 bits per heavy atom. The summed E-state index contributed by atoms with van der Waals surface area (Å²) in [7, 11) is 8.86. The molecular weight excluding hydrogens is 454 g/mol. The molecule has 3 aromatic heterocycles. The van der Waals surface area contributed by atoms with Crippen LogP contribution in [-0.2, 0) is 25.9 Å². The molecule has 0 unspecified atom stereocenters. The summed E-state index contributed by atoms with van der Waals surface area (Å²) in [4.78, 5) is 54.5. The molecule has 4 N–H and O–H groups in total. The fourth-order valence-corrected chi connectivity index (χ4v) is 3.39. The van der Waals surface area contributed by atoms with Crippen molar-refractivity contribution in [1.82, 2.24) is 28.9 Å². The Hall–Kier alpha value is -4.39. The summed E-state index contributed by atoms with van der Waals surface area (Å²) < 4.78 is 4.68. The van der Waals surface area contributed by atoms with E-state index in [9.17, 15) is 19.2 Å². The van der Waals surface area contributed by atoms with Crippen LogP contribution in [0, 0.1) is 0 Å². The lowest BCUT2D eigenvalue weighted by atomic mass is 10.3. The molecule has 0 fully saturated rings. The quantitative estimate of drug-likeness (QED) is 0.308. The van der Waals surface area contributed by atoms with Crippen molar-refractivity contribution >= 4 is 41.3 Å². The van der Waals surface area contributed by atoms with Crippen molar-refractivity contribution in [3.63, 3.8) is 0 Å². The van der Waals surface area contributed by atoms with Gasteiger partial charge in [0.05, 0.1) is 11.4 Å². The first kappa shape index (κ1) is 25.2. The number of carbonyl (C=O) groups is 4. The summed E-state index contributed by atoms with van der Waals surface area (Å²) in [6, 6.07) is 3.12. The van der Waals surface area contributed by atoms with Crippen molar-refractivity contribution in [3.05, 3.63) is 47.9 Å². The Labute approximate surface area is 202 Å². The minimum Gasteiger partial charge on any atom is -0.349 e. The highest BCUT2D eigenvalue weighted by Gasteiger charge is 2.19. The molecule has 0 atom stereocenters. The smallest absolute Gasteiger partial charge is 0.291 e. The van der Waals surface area contributed by atoms with E-state index in [0.717, 1.165) is 0 Å². The molecule has 13 heteroatoms. The highest BCUT2D eigenvalue weighted by atomic mass is 16.2. The molecule has 0 aliphatic carbocycles. The fraction of sp³-hybridized carbons (Fsp3) is 0.318. The van der Waals surface area contributed by atoms with Crippen molar-refractivity contribution in [2.75, 3.05) is 43.1 Å². The Morgan fingerprint density at radius 1 is 0.886 bits per heavy atom. The zero-order valence-electron chi connectivity index (χ0n) is 20.2. The van der Waals surface area contributed by atoms with Crippen molar-refractivity contribution in [2.24, 2.45) is 21.1 Å². The van der Waals surface area contributed by atoms with Crippen molar-refractivity contribution < 1.29 is 19.2 Å². The summed E-state index contributed by atoms with van der Waals surface area (Å²) in [6.07, 6.45) is 5.22. The van der Waals surface area contributed by atoms with Gasteiger partial charge in [-0.1, -0.05) is 0 Å². The second kappa shape index (κ2) is 10.7. The second-order valence-corrected chi connectivity index (χ2v) is 8.24. The van der Waals surface area contributed by atoms with Gasteiger partial charge in [0.2, 0.25) is 12.2 Å². The van der Waals surface area contributed by atoms with E-state index in [1.54, 1.807) is 48.7 Å². The number of hydrogen-bond acceptors (Lipinski definition) is 6. The van der Waals surface area contributed by atoms with E-state index in [-0.39, 0.29) is 17.5 Å². The fourth-order valence-electron chi connectivity index (χ4n) is 3.39. The number of hydrogen-bond donors (Lipinski definition) is 4. The van der Waals surface area contributed by atoms with Crippen LogP contribution in [0.1, 0.15) is 31.6 Å². The first-order valence-corrected chi connectivity index (χ1v) is 10.7. The van der Waals surface area contributed by atoms with Crippen LogP contribution >= 0.6 is 0 Å². The number of imidazole rings is 1. The third kappa shape index (κ3) is 6.14. The molecule has 0 aliphatic rings. The van der Waals surface area contributed by atoms with E-state index >= 15 is 0 Å². The standard InChI is InChI=1S/C22H29N9O4/c1-28(2)7-6-23-20(33)16-8-14(10-29(16)3)25-21(34)17-9-15(11-30(17)4)26-22(35)19-27-18(24-13-32)12-31(19)5/h8-13H,6-7H2,1-5H3,(H,23,33)(H,24,32)(H,25,34)(H,26,35). The average Bonchev–Trinajstić information content (AvgIpc) is 3.44. The number of amides is 4. The molecule has 0 aliphatic heterocycles. The van der Waals surface area contributed by atoms with Gasteiger partial charge in [0.15, 0.2) is 5.82 Å². The third-order valence-electron chi connectivity index (χ3n) is 5.12. The van der Waals surface area contributed by atoms with Gasteiger partial charge in [-0.2, -0.15) is 0 Å². The van der Waals surface area contributed by atoms with Crippen molar-refractivity contribution in [3.8, 4) is 0 Å². The molecule has 0 bridgehead atoms. The minimum absolute atomic E-state index is 0.0878. The summed E-state index contributed by atoms with van der Waals surface area (Å²) in [5, 5.41) is 10.7. The van der Waals surface area contributed by atoms with E-state index in [1.165, 1.54) is 16.8 Å². The van der Waals surface area contributed by atoms with Gasteiger partial charge in [0, 0.05) is 52.8 Å². The third-order valence-corrected chi connectivity index (χ3v) is 5.12. The van der Waals surface area contributed by atoms with Gasteiger partial charge < -0.3 is 39.9 Å². The number of likely N-dealkylation sites (N-methyl/N-ethyl adjacent to an activating group) is 1. The van der Waals surface area contributed by atoms with Crippen LogP contribution in [0.25, 0.3) is 0 Å². The van der Waals surface area contributed by atoms with E-state index in [1.807, 2.05) is 19.0 Å². The molecule has 13 nitrogen and oxygen atoms in total. The largest absolute Gasteiger partial charge is 0.349 e. The molecule has 0 saturated heterocycles. The molecule has 0 saturated carbocycles. The molecule has 4 amide bonds. The highest BCUT2D eigenvalue weighted by molar-refractivity contribution is 6.06. The minimum atomic E-state index is -0.503. The molecule has 0 aromatic carbocycles. The van der Waals surface area contributed by atoms with E-state index < -0.39 is 11.8 Å². The maximum absolute atomic E-state index is 12.9. The van der Waals surface area contributed by atoms with Gasteiger partial charge in [-0.25, -0.2) is 4.98 Å². The SMILES string of the molecule is CN(C)CCNC(=O)c1cc(NC(=O)c2cc(NC(=O)c3nc(NC=O)cn3C)cn2C)cn1C. The predicted molar refractivity (Wildman–Crippen MR) is 131 cm³/mol. The summed E-state index contributed by atoms with van der Waals surface area (Å²) in [5.74, 6) is -0.816. The Morgan fingerprint density at radius 3 is 2.03 bits per heavy atom. The monoisotopic (exact) mass is 483 g/mol. The van der Waals surface area contributed by atoms with Gasteiger partial charge in [-0.3, -0.25) is 19.2 Å². The van der Waals surface area contributed by atoms with Gasteiger partial charge >= 0.3 is 0 Å². The number of rotatable bonds is 10. The second-order valence-electron chi connectivity index (χ2n) is 8.24. The van der Waals surface area contributed by atoms with Gasteiger partial charge in [0.25, 0.3) is 17.7 Å². The van der Waals surface area contributed by atoms with Crippen molar-refractivity contribution in [1.29, 1.82) is 0 Å². The van der Waals surface area contributed by atoms with Crippen molar-refractivity contribution in [2.45, 2.75) is 0 Å². The van der Waals surface area contributed by atoms with Crippen LogP contribution < -0.4 is 21.3 Å². The number of nitrogens with zero attached hydrogens (tertiary/aromatic N) is 5. The molecule has 3 aromatic rings. The zero-order chi connectivity index (χ0) is 25.7. The summed E-state index contributed by atoms with van der Waals surface area (Å²) in [6.45, 7) is 1.22. The lowest BCUT2D eigenvalue weighted by molar-refractivity contribution is -0.105. The van der Waals surface area contributed by atoms with Crippen LogP contribution in [0.15, 0.2) is 30.7 Å². The van der Waals surface area contributed by atoms with Crippen LogP contribution in [0.2, 0.25) is 0 Å². The Kier molecular flexibility index (Phi) is 7.71. The van der Waals surface area contributed by atoms with E-state index in [4.69, 9.17) is 0 Å². The number of aryl methyl sites for hydroxylation is 3. The summed E-state index contributed by atoms with van der Waals surface area (Å²) in [5.41, 5.74) is 1.57. The first-order valence-electron chi connectivity index (χ1n) is 10.7. The molecule has 186 valence electrons. The number of anilines is 3. The number of nitrogens with one attached hydrogen (secondary N) is 4. The predicted octanol–water partition coefficient (Wildman–Crippen LogP) is 0.461. The van der Waals surface area contributed by atoms with Crippen LogP contribution in [0.5, 0.6) is 0 Å². The maximum Gasteiger partial charge on any atom is 0.291 e. The van der Waals surface area contributed by atoms with Gasteiger partial charge in [0.1, 0.15) is 11.4 Å². The highest BCUT2D eigenvalue weighted by Crippen LogP contribution is 2.18. The Balaban J connectivity index is 1.66. The number of aromatic nitrogens is 4. The molecule has 0 spiro atoms.